The normalized spacial score (nSPS) is 23.1. The number of alkyl halides is 3. The van der Waals surface area contributed by atoms with E-state index in [-0.39, 0.29) is 18.4 Å². The molecule has 1 amide bonds. The Morgan fingerprint density at radius 1 is 1.38 bits per heavy atom. The predicted molar refractivity (Wildman–Crippen MR) is 84.1 cm³/mol. The Morgan fingerprint density at radius 2 is 2.17 bits per heavy atom. The number of rotatable bonds is 4. The number of carbonyl (C=O) groups excluding carboxylic acids is 1. The minimum atomic E-state index is -4.11. The lowest BCUT2D eigenvalue weighted by Crippen LogP contribution is -2.35. The van der Waals surface area contributed by atoms with Gasteiger partial charge in [0, 0.05) is 12.5 Å². The Kier molecular flexibility index (Phi) is 4.71. The monoisotopic (exact) mass is 342 g/mol. The number of aryl methyl sites for hydroxylation is 1. The van der Waals surface area contributed by atoms with Crippen molar-refractivity contribution >= 4 is 11.6 Å². The average molecular weight is 342 g/mol. The predicted octanol–water partition coefficient (Wildman–Crippen LogP) is 3.72. The van der Waals surface area contributed by atoms with Crippen LogP contribution < -0.4 is 15.4 Å². The van der Waals surface area contributed by atoms with E-state index in [9.17, 15) is 18.0 Å². The summed E-state index contributed by atoms with van der Waals surface area (Å²) in [6, 6.07) is 3.86. The second-order valence-corrected chi connectivity index (χ2v) is 6.41. The Labute approximate surface area is 138 Å². The van der Waals surface area contributed by atoms with Gasteiger partial charge < -0.3 is 15.4 Å². The van der Waals surface area contributed by atoms with Gasteiger partial charge in [0.05, 0.1) is 5.69 Å². The van der Waals surface area contributed by atoms with Crippen LogP contribution in [0.25, 0.3) is 0 Å². The van der Waals surface area contributed by atoms with Gasteiger partial charge in [-0.2, -0.15) is 13.2 Å². The molecule has 7 heteroatoms. The highest BCUT2D eigenvalue weighted by molar-refractivity contribution is 5.97. The molecule has 132 valence electrons. The number of nitrogens with one attached hydrogen (secondary N) is 2. The molecular formula is C17H21F3N2O2. The lowest BCUT2D eigenvalue weighted by Gasteiger charge is -2.30. The van der Waals surface area contributed by atoms with Crippen LogP contribution in [0.2, 0.25) is 0 Å². The minimum Gasteiger partial charge on any atom is -0.479 e. The Hall–Kier alpha value is -1.76. The maximum Gasteiger partial charge on any atom is 0.389 e. The van der Waals surface area contributed by atoms with Crippen molar-refractivity contribution in [2.24, 2.45) is 0 Å². The molecule has 1 aromatic rings. The van der Waals surface area contributed by atoms with Gasteiger partial charge in [0.25, 0.3) is 5.91 Å². The van der Waals surface area contributed by atoms with E-state index in [0.29, 0.717) is 18.0 Å². The summed E-state index contributed by atoms with van der Waals surface area (Å²) in [7, 11) is 0. The lowest BCUT2D eigenvalue weighted by atomic mass is 9.86. The zero-order chi connectivity index (χ0) is 17.3. The number of carbonyl (C=O) groups is 1. The summed E-state index contributed by atoms with van der Waals surface area (Å²) in [6.07, 6.45) is -2.56. The Balaban J connectivity index is 1.71. The second kappa shape index (κ2) is 6.63. The van der Waals surface area contributed by atoms with Crippen LogP contribution in [-0.4, -0.2) is 24.7 Å². The number of hydrogen-bond acceptors (Lipinski definition) is 3. The number of fused-ring (bicyclic) bond motifs is 2. The third kappa shape index (κ3) is 3.83. The van der Waals surface area contributed by atoms with E-state index in [1.807, 2.05) is 12.1 Å². The van der Waals surface area contributed by atoms with Crippen LogP contribution in [0.1, 0.15) is 49.8 Å². The number of ether oxygens (including phenoxy) is 1. The van der Waals surface area contributed by atoms with Gasteiger partial charge in [-0.15, -0.1) is 0 Å². The van der Waals surface area contributed by atoms with Crippen molar-refractivity contribution in [2.45, 2.75) is 57.3 Å². The summed E-state index contributed by atoms with van der Waals surface area (Å²) < 4.78 is 42.3. The number of anilines is 1. The molecule has 1 aromatic carbocycles. The highest BCUT2D eigenvalue weighted by atomic mass is 19.4. The number of halogens is 3. The van der Waals surface area contributed by atoms with Crippen LogP contribution in [0.15, 0.2) is 12.1 Å². The van der Waals surface area contributed by atoms with Crippen molar-refractivity contribution in [3.63, 3.8) is 0 Å². The third-order valence-electron chi connectivity index (χ3n) is 4.51. The summed E-state index contributed by atoms with van der Waals surface area (Å²) in [5, 5.41) is 6.05. The molecule has 24 heavy (non-hydrogen) atoms. The fourth-order valence-corrected chi connectivity index (χ4v) is 3.28. The molecule has 0 saturated carbocycles. The van der Waals surface area contributed by atoms with E-state index < -0.39 is 18.7 Å². The van der Waals surface area contributed by atoms with Crippen molar-refractivity contribution in [2.75, 3.05) is 11.9 Å². The number of hydrogen-bond donors (Lipinski definition) is 2. The smallest absolute Gasteiger partial charge is 0.389 e. The maximum absolute atomic E-state index is 12.2. The van der Waals surface area contributed by atoms with E-state index in [4.69, 9.17) is 4.74 Å². The van der Waals surface area contributed by atoms with E-state index >= 15 is 0 Å². The summed E-state index contributed by atoms with van der Waals surface area (Å²) in [6.45, 7) is 2.02. The zero-order valence-corrected chi connectivity index (χ0v) is 13.5. The molecule has 3 rings (SSSR count). The molecule has 4 nitrogen and oxygen atoms in total. The standard InChI is InChI=1S/C17H21F3N2O2/c1-10-16(23)22-14-9-12-11(8-15(14)24-10)4-2-5-13(12)21-7-3-6-17(18,19)20/h8-10,13,21H,2-7H2,1H3,(H,22,23)/t10-,13+/m1/s1. The average Bonchev–Trinajstić information content (AvgIpc) is 2.50. The molecule has 0 saturated heterocycles. The summed E-state index contributed by atoms with van der Waals surface area (Å²) >= 11 is 0. The highest BCUT2D eigenvalue weighted by Crippen LogP contribution is 2.39. The first-order valence-corrected chi connectivity index (χ1v) is 8.28. The largest absolute Gasteiger partial charge is 0.479 e. The first-order valence-electron chi connectivity index (χ1n) is 8.28. The van der Waals surface area contributed by atoms with Crippen molar-refractivity contribution in [1.29, 1.82) is 0 Å². The molecule has 0 radical (unpaired) electrons. The third-order valence-corrected chi connectivity index (χ3v) is 4.51. The van der Waals surface area contributed by atoms with Crippen molar-refractivity contribution in [1.82, 2.24) is 5.32 Å². The van der Waals surface area contributed by atoms with Crippen LogP contribution in [-0.2, 0) is 11.2 Å². The SMILES string of the molecule is C[C@H]1Oc2cc3c(cc2NC1=O)[C@@H](NCCCC(F)(F)F)CCC3. The Morgan fingerprint density at radius 3 is 2.92 bits per heavy atom. The molecule has 0 fully saturated rings. The van der Waals surface area contributed by atoms with Gasteiger partial charge in [-0.3, -0.25) is 4.79 Å². The molecule has 1 heterocycles. The maximum atomic E-state index is 12.2. The number of benzene rings is 1. The molecule has 0 unspecified atom stereocenters. The highest BCUT2D eigenvalue weighted by Gasteiger charge is 2.29. The molecule has 2 aliphatic rings. The molecule has 0 bridgehead atoms. The van der Waals surface area contributed by atoms with Crippen LogP contribution in [0.3, 0.4) is 0 Å². The fraction of sp³-hybridized carbons (Fsp3) is 0.588. The topological polar surface area (TPSA) is 50.4 Å². The molecule has 1 aliphatic carbocycles. The molecule has 2 atom stereocenters. The van der Waals surface area contributed by atoms with Crippen LogP contribution in [0.4, 0.5) is 18.9 Å². The van der Waals surface area contributed by atoms with Gasteiger partial charge in [0.1, 0.15) is 5.75 Å². The van der Waals surface area contributed by atoms with Gasteiger partial charge in [-0.05, 0) is 62.4 Å². The molecular weight excluding hydrogens is 321 g/mol. The van der Waals surface area contributed by atoms with Gasteiger partial charge in [0.15, 0.2) is 6.10 Å². The molecule has 0 aromatic heterocycles. The van der Waals surface area contributed by atoms with Crippen molar-refractivity contribution < 1.29 is 22.7 Å². The zero-order valence-electron chi connectivity index (χ0n) is 13.5. The van der Waals surface area contributed by atoms with E-state index in [1.165, 1.54) is 0 Å². The summed E-state index contributed by atoms with van der Waals surface area (Å²) in [4.78, 5) is 11.8. The van der Waals surface area contributed by atoms with Crippen molar-refractivity contribution in [3.05, 3.63) is 23.3 Å². The minimum absolute atomic E-state index is 0.0172. The fourth-order valence-electron chi connectivity index (χ4n) is 3.28. The van der Waals surface area contributed by atoms with E-state index in [2.05, 4.69) is 10.6 Å². The van der Waals surface area contributed by atoms with Crippen molar-refractivity contribution in [3.8, 4) is 5.75 Å². The quantitative estimate of drug-likeness (QED) is 0.820. The van der Waals surface area contributed by atoms with Gasteiger partial charge in [-0.1, -0.05) is 0 Å². The van der Waals surface area contributed by atoms with Gasteiger partial charge in [0.2, 0.25) is 0 Å². The van der Waals surface area contributed by atoms with E-state index in [1.54, 1.807) is 6.92 Å². The van der Waals surface area contributed by atoms with Gasteiger partial charge in [-0.25, -0.2) is 0 Å². The first-order chi connectivity index (χ1) is 11.3. The number of amides is 1. The Bertz CT molecular complexity index is 631. The summed E-state index contributed by atoms with van der Waals surface area (Å²) in [5.74, 6) is 0.478. The van der Waals surface area contributed by atoms with Crippen LogP contribution >= 0.6 is 0 Å². The molecule has 1 aliphatic heterocycles. The first kappa shape index (κ1) is 17.1. The van der Waals surface area contributed by atoms with Gasteiger partial charge >= 0.3 is 6.18 Å². The van der Waals surface area contributed by atoms with Crippen LogP contribution in [0.5, 0.6) is 5.75 Å². The van der Waals surface area contributed by atoms with E-state index in [0.717, 1.165) is 30.4 Å². The summed E-state index contributed by atoms with van der Waals surface area (Å²) in [5.41, 5.74) is 2.82. The molecule has 0 spiro atoms. The molecule has 2 N–H and O–H groups in total. The lowest BCUT2D eigenvalue weighted by molar-refractivity contribution is -0.135. The second-order valence-electron chi connectivity index (χ2n) is 6.41. The van der Waals surface area contributed by atoms with Crippen LogP contribution in [0, 0.1) is 0 Å².